The quantitative estimate of drug-likeness (QED) is 0.596. The minimum Gasteiger partial charge on any atom is -0.508 e. The first-order chi connectivity index (χ1) is 17.4. The average molecular weight is 526 g/mol. The van der Waals surface area contributed by atoms with Gasteiger partial charge >= 0.3 is 4.87 Å². The van der Waals surface area contributed by atoms with Crippen molar-refractivity contribution in [3.05, 3.63) is 44.4 Å². The SMILES string of the molecule is O=C(CN1C(=O)C2C3CC(C2C1=O)C1C(c2ccc(O)cc2)c2sc(=O)[nH]c2SC31)N1CCCCC1. The van der Waals surface area contributed by atoms with Crippen molar-refractivity contribution in [1.82, 2.24) is 14.8 Å². The lowest BCUT2D eigenvalue weighted by molar-refractivity contribution is -0.147. The van der Waals surface area contributed by atoms with Crippen LogP contribution in [0.25, 0.3) is 0 Å². The second-order valence-corrected chi connectivity index (χ2v) is 13.0. The number of piperidine rings is 1. The zero-order chi connectivity index (χ0) is 24.7. The molecule has 2 aromatic rings. The van der Waals surface area contributed by atoms with Gasteiger partial charge in [0.1, 0.15) is 12.3 Å². The van der Waals surface area contributed by atoms with Gasteiger partial charge in [-0.1, -0.05) is 23.5 Å². The Labute approximate surface area is 216 Å². The molecule has 1 aromatic heterocycles. The van der Waals surface area contributed by atoms with Crippen molar-refractivity contribution in [1.29, 1.82) is 0 Å². The highest BCUT2D eigenvalue weighted by Crippen LogP contribution is 2.68. The van der Waals surface area contributed by atoms with Crippen LogP contribution in [0.3, 0.4) is 0 Å². The van der Waals surface area contributed by atoms with Gasteiger partial charge in [-0.3, -0.25) is 24.1 Å². The van der Waals surface area contributed by atoms with Crippen molar-refractivity contribution in [2.24, 2.45) is 29.6 Å². The van der Waals surface area contributed by atoms with Crippen molar-refractivity contribution >= 4 is 40.8 Å². The van der Waals surface area contributed by atoms with Crippen LogP contribution in [0, 0.1) is 29.6 Å². The lowest BCUT2D eigenvalue weighted by Gasteiger charge is -2.43. The largest absolute Gasteiger partial charge is 0.508 e. The number of H-pyrrole nitrogens is 1. The summed E-state index contributed by atoms with van der Waals surface area (Å²) in [6.07, 6.45) is 3.86. The highest BCUT2D eigenvalue weighted by molar-refractivity contribution is 8.00. The number of thioether (sulfide) groups is 1. The Hall–Kier alpha value is -2.59. The van der Waals surface area contributed by atoms with Gasteiger partial charge in [0.05, 0.1) is 16.9 Å². The zero-order valence-electron chi connectivity index (χ0n) is 19.6. The van der Waals surface area contributed by atoms with E-state index in [-0.39, 0.29) is 69.7 Å². The van der Waals surface area contributed by atoms with Gasteiger partial charge in [0.15, 0.2) is 0 Å². The molecule has 2 aliphatic carbocycles. The number of rotatable bonds is 3. The maximum atomic E-state index is 13.7. The molecule has 7 rings (SSSR count). The monoisotopic (exact) mass is 525 g/mol. The molecule has 7 unspecified atom stereocenters. The summed E-state index contributed by atoms with van der Waals surface area (Å²) in [7, 11) is 0. The summed E-state index contributed by atoms with van der Waals surface area (Å²) in [5.74, 6) is -0.993. The molecule has 36 heavy (non-hydrogen) atoms. The Morgan fingerprint density at radius 2 is 1.69 bits per heavy atom. The van der Waals surface area contributed by atoms with E-state index in [0.717, 1.165) is 41.1 Å². The Kier molecular flexibility index (Phi) is 5.15. The molecule has 0 spiro atoms. The summed E-state index contributed by atoms with van der Waals surface area (Å²) >= 11 is 2.87. The molecule has 8 nitrogen and oxygen atoms in total. The molecule has 4 fully saturated rings. The summed E-state index contributed by atoms with van der Waals surface area (Å²) in [6.45, 7) is 1.25. The van der Waals surface area contributed by atoms with Gasteiger partial charge in [-0.05, 0) is 61.1 Å². The maximum absolute atomic E-state index is 13.7. The first kappa shape index (κ1) is 22.6. The predicted molar refractivity (Wildman–Crippen MR) is 134 cm³/mol. The minimum absolute atomic E-state index is 0.0215. The number of benzene rings is 1. The van der Waals surface area contributed by atoms with E-state index in [4.69, 9.17) is 0 Å². The van der Waals surface area contributed by atoms with Gasteiger partial charge in [-0.2, -0.15) is 0 Å². The molecule has 3 aliphatic heterocycles. The van der Waals surface area contributed by atoms with Crippen LogP contribution in [-0.2, 0) is 14.4 Å². The minimum atomic E-state index is -0.393. The third-order valence-corrected chi connectivity index (χ3v) is 11.7. The number of likely N-dealkylation sites (tertiary alicyclic amines) is 2. The Morgan fingerprint density at radius 3 is 2.42 bits per heavy atom. The Morgan fingerprint density at radius 1 is 1.00 bits per heavy atom. The number of nitrogens with one attached hydrogen (secondary N) is 1. The molecule has 4 heterocycles. The molecule has 7 atom stereocenters. The number of phenolic OH excluding ortho intramolecular Hbond substituents is 1. The number of hydrogen-bond donors (Lipinski definition) is 2. The molecule has 0 radical (unpaired) electrons. The van der Waals surface area contributed by atoms with Crippen LogP contribution in [0.4, 0.5) is 0 Å². The van der Waals surface area contributed by atoms with Crippen molar-refractivity contribution < 1.29 is 19.5 Å². The molecule has 2 saturated heterocycles. The van der Waals surface area contributed by atoms with Gasteiger partial charge < -0.3 is 15.0 Å². The Balaban J connectivity index is 1.22. The average Bonchev–Trinajstić information content (AvgIpc) is 3.61. The van der Waals surface area contributed by atoms with Gasteiger partial charge in [-0.25, -0.2) is 0 Å². The molecule has 2 bridgehead atoms. The third kappa shape index (κ3) is 3.19. The van der Waals surface area contributed by atoms with Crippen molar-refractivity contribution in [3.63, 3.8) is 0 Å². The van der Waals surface area contributed by atoms with Gasteiger partial charge in [0.2, 0.25) is 17.7 Å². The topological polar surface area (TPSA) is 111 Å². The lowest BCUT2D eigenvalue weighted by Crippen LogP contribution is -2.45. The van der Waals surface area contributed by atoms with Crippen LogP contribution < -0.4 is 4.87 Å². The summed E-state index contributed by atoms with van der Waals surface area (Å²) in [6, 6.07) is 7.12. The lowest BCUT2D eigenvalue weighted by atomic mass is 9.68. The molecular weight excluding hydrogens is 498 g/mol. The number of fused-ring (bicyclic) bond motifs is 9. The molecule has 188 valence electrons. The molecule has 2 saturated carbocycles. The van der Waals surface area contributed by atoms with Crippen LogP contribution in [-0.4, -0.2) is 62.5 Å². The molecule has 2 N–H and O–H groups in total. The van der Waals surface area contributed by atoms with Crippen molar-refractivity contribution in [3.8, 4) is 5.75 Å². The molecule has 3 amide bonds. The summed E-state index contributed by atoms with van der Waals surface area (Å²) in [5, 5.41) is 10.8. The van der Waals surface area contributed by atoms with Crippen LogP contribution in [0.1, 0.15) is 42.0 Å². The second-order valence-electron chi connectivity index (χ2n) is 10.8. The van der Waals surface area contributed by atoms with E-state index in [2.05, 4.69) is 4.98 Å². The molecule has 5 aliphatic rings. The first-order valence-corrected chi connectivity index (χ1v) is 14.4. The third-order valence-electron chi connectivity index (χ3n) is 9.07. The number of carbonyl (C=O) groups excluding carboxylic acids is 3. The van der Waals surface area contributed by atoms with Gasteiger partial charge in [-0.15, -0.1) is 11.8 Å². The highest BCUT2D eigenvalue weighted by Gasteiger charge is 2.69. The fourth-order valence-corrected chi connectivity index (χ4v) is 10.6. The van der Waals surface area contributed by atoms with Gasteiger partial charge in [0, 0.05) is 29.1 Å². The van der Waals surface area contributed by atoms with Gasteiger partial charge in [0.25, 0.3) is 0 Å². The maximum Gasteiger partial charge on any atom is 0.305 e. The van der Waals surface area contributed by atoms with E-state index in [9.17, 15) is 24.3 Å². The number of aromatic amines is 1. The number of carbonyl (C=O) groups is 3. The number of aromatic hydroxyl groups is 1. The zero-order valence-corrected chi connectivity index (χ0v) is 21.2. The standard InChI is InChI=1S/C26H27N3O5S2/c30-13-6-4-12(5-7-13)17-18-14-10-15(21(18)35-23-22(17)36-26(34)27-23)20-19(14)24(32)29(25(20)33)11-16(31)28-8-2-1-3-9-28/h4-7,14-15,17-21,30H,1-3,8-11H2,(H,27,34). The molecule has 1 aromatic carbocycles. The normalized spacial score (nSPS) is 34.6. The summed E-state index contributed by atoms with van der Waals surface area (Å²) < 4.78 is 0. The number of phenols is 1. The fourth-order valence-electron chi connectivity index (χ4n) is 7.67. The predicted octanol–water partition coefficient (Wildman–Crippen LogP) is 2.63. The number of amides is 3. The van der Waals surface area contributed by atoms with E-state index in [1.54, 1.807) is 28.8 Å². The van der Waals surface area contributed by atoms with E-state index >= 15 is 0 Å². The fraction of sp³-hybridized carbons (Fsp3) is 0.538. The summed E-state index contributed by atoms with van der Waals surface area (Å²) in [5.41, 5.74) is 1.01. The smallest absolute Gasteiger partial charge is 0.305 e. The highest BCUT2D eigenvalue weighted by atomic mass is 32.2. The number of imide groups is 1. The van der Waals surface area contributed by atoms with Crippen LogP contribution >= 0.6 is 23.1 Å². The van der Waals surface area contributed by atoms with Crippen molar-refractivity contribution in [2.75, 3.05) is 19.6 Å². The van der Waals surface area contributed by atoms with Crippen LogP contribution in [0.15, 0.2) is 34.1 Å². The van der Waals surface area contributed by atoms with E-state index in [0.29, 0.717) is 13.1 Å². The van der Waals surface area contributed by atoms with E-state index < -0.39 is 5.92 Å². The molecule has 10 heteroatoms. The van der Waals surface area contributed by atoms with E-state index in [1.807, 2.05) is 12.1 Å². The van der Waals surface area contributed by atoms with Crippen molar-refractivity contribution in [2.45, 2.75) is 41.9 Å². The van der Waals surface area contributed by atoms with Crippen LogP contribution in [0.2, 0.25) is 0 Å². The summed E-state index contributed by atoms with van der Waals surface area (Å²) in [4.78, 5) is 59.4. The number of nitrogens with zero attached hydrogens (tertiary/aromatic N) is 2. The number of thiazole rings is 1. The molecular formula is C26H27N3O5S2. The van der Waals surface area contributed by atoms with E-state index in [1.165, 1.54) is 16.2 Å². The Bertz CT molecular complexity index is 1310. The first-order valence-electron chi connectivity index (χ1n) is 12.7. The number of aromatic nitrogens is 1. The van der Waals surface area contributed by atoms with Crippen LogP contribution in [0.5, 0.6) is 5.75 Å². The second kappa shape index (κ2) is 8.21. The number of hydrogen-bond acceptors (Lipinski definition) is 7.